The van der Waals surface area contributed by atoms with Crippen LogP contribution in [0.15, 0.2) is 53.0 Å². The molecule has 0 N–H and O–H groups in total. The topological polar surface area (TPSA) is 9.23 Å². The van der Waals surface area contributed by atoms with E-state index in [4.69, 9.17) is 11.6 Å². The SMILES string of the molecule is FC(F)Oc1cccc(C(Cl)c2ccc(Br)cc2)c1. The highest BCUT2D eigenvalue weighted by molar-refractivity contribution is 9.10. The van der Waals surface area contributed by atoms with E-state index in [-0.39, 0.29) is 5.75 Å². The van der Waals surface area contributed by atoms with E-state index in [2.05, 4.69) is 20.7 Å². The van der Waals surface area contributed by atoms with Crippen molar-refractivity contribution in [2.45, 2.75) is 12.0 Å². The Hall–Kier alpha value is -1.13. The molecular formula is C14H10BrClF2O. The van der Waals surface area contributed by atoms with E-state index in [9.17, 15) is 8.78 Å². The Bertz CT molecular complexity index is 545. The Morgan fingerprint density at radius 1 is 1.00 bits per heavy atom. The summed E-state index contributed by atoms with van der Waals surface area (Å²) in [7, 11) is 0. The monoisotopic (exact) mass is 346 g/mol. The van der Waals surface area contributed by atoms with Crippen LogP contribution in [0.2, 0.25) is 0 Å². The van der Waals surface area contributed by atoms with Crippen molar-refractivity contribution in [1.29, 1.82) is 0 Å². The minimum absolute atomic E-state index is 0.107. The van der Waals surface area contributed by atoms with Crippen LogP contribution in [0.3, 0.4) is 0 Å². The van der Waals surface area contributed by atoms with Gasteiger partial charge < -0.3 is 4.74 Å². The lowest BCUT2D eigenvalue weighted by Gasteiger charge is -2.12. The minimum atomic E-state index is -2.84. The van der Waals surface area contributed by atoms with Crippen molar-refractivity contribution in [3.05, 3.63) is 64.1 Å². The average molecular weight is 348 g/mol. The van der Waals surface area contributed by atoms with Gasteiger partial charge in [0.2, 0.25) is 0 Å². The summed E-state index contributed by atoms with van der Waals surface area (Å²) in [5, 5.41) is -0.408. The summed E-state index contributed by atoms with van der Waals surface area (Å²) in [6.07, 6.45) is 0. The van der Waals surface area contributed by atoms with Crippen LogP contribution < -0.4 is 4.74 Å². The molecule has 2 rings (SSSR count). The molecule has 100 valence electrons. The maximum absolute atomic E-state index is 12.2. The maximum Gasteiger partial charge on any atom is 0.387 e. The molecular weight excluding hydrogens is 338 g/mol. The molecule has 0 amide bonds. The zero-order valence-electron chi connectivity index (χ0n) is 9.69. The van der Waals surface area contributed by atoms with Gasteiger partial charge in [-0.15, -0.1) is 11.6 Å². The molecule has 1 nitrogen and oxygen atoms in total. The highest BCUT2D eigenvalue weighted by Gasteiger charge is 2.12. The third-order valence-electron chi connectivity index (χ3n) is 2.54. The molecule has 0 saturated heterocycles. The van der Waals surface area contributed by atoms with Crippen molar-refractivity contribution in [2.75, 3.05) is 0 Å². The Morgan fingerprint density at radius 3 is 2.32 bits per heavy atom. The van der Waals surface area contributed by atoms with Gasteiger partial charge in [0.15, 0.2) is 0 Å². The highest BCUT2D eigenvalue weighted by Crippen LogP contribution is 2.31. The Labute approximate surface area is 123 Å². The Kier molecular flexibility index (Phi) is 4.77. The van der Waals surface area contributed by atoms with Gasteiger partial charge in [0.25, 0.3) is 0 Å². The number of halogens is 4. The van der Waals surface area contributed by atoms with E-state index in [1.807, 2.05) is 24.3 Å². The molecule has 1 atom stereocenters. The van der Waals surface area contributed by atoms with Crippen molar-refractivity contribution >= 4 is 27.5 Å². The second kappa shape index (κ2) is 6.35. The van der Waals surface area contributed by atoms with Gasteiger partial charge in [-0.3, -0.25) is 0 Å². The molecule has 2 aromatic carbocycles. The second-order valence-corrected chi connectivity index (χ2v) is 5.22. The molecule has 2 aromatic rings. The lowest BCUT2D eigenvalue weighted by molar-refractivity contribution is -0.0498. The van der Waals surface area contributed by atoms with Crippen LogP contribution in [0.4, 0.5) is 8.78 Å². The number of hydrogen-bond acceptors (Lipinski definition) is 1. The van der Waals surface area contributed by atoms with Crippen LogP contribution in [0, 0.1) is 0 Å². The molecule has 0 aliphatic rings. The van der Waals surface area contributed by atoms with Gasteiger partial charge >= 0.3 is 6.61 Å². The average Bonchev–Trinajstić information content (AvgIpc) is 2.38. The number of alkyl halides is 3. The third-order valence-corrected chi connectivity index (χ3v) is 3.57. The molecule has 0 saturated carbocycles. The number of rotatable bonds is 4. The lowest BCUT2D eigenvalue weighted by Crippen LogP contribution is -2.02. The zero-order valence-corrected chi connectivity index (χ0v) is 12.0. The smallest absolute Gasteiger partial charge is 0.387 e. The zero-order chi connectivity index (χ0) is 13.8. The summed E-state index contributed by atoms with van der Waals surface area (Å²) in [4.78, 5) is 0. The fraction of sp³-hybridized carbons (Fsp3) is 0.143. The van der Waals surface area contributed by atoms with Crippen molar-refractivity contribution in [1.82, 2.24) is 0 Å². The van der Waals surface area contributed by atoms with Gasteiger partial charge in [-0.05, 0) is 35.4 Å². The molecule has 0 bridgehead atoms. The van der Waals surface area contributed by atoms with Gasteiger partial charge in [-0.2, -0.15) is 8.78 Å². The fourth-order valence-electron chi connectivity index (χ4n) is 1.67. The molecule has 0 radical (unpaired) electrons. The van der Waals surface area contributed by atoms with Gasteiger partial charge in [-0.25, -0.2) is 0 Å². The standard InChI is InChI=1S/C14H10BrClF2O/c15-11-6-4-9(5-7-11)13(16)10-2-1-3-12(8-10)19-14(17)18/h1-8,13-14H. The van der Waals surface area contributed by atoms with Gasteiger partial charge in [-0.1, -0.05) is 40.2 Å². The largest absolute Gasteiger partial charge is 0.435 e. The predicted octanol–water partition coefficient (Wildman–Crippen LogP) is 5.38. The van der Waals surface area contributed by atoms with Crippen LogP contribution in [-0.4, -0.2) is 6.61 Å². The number of benzene rings is 2. The summed E-state index contributed by atoms with van der Waals surface area (Å²) in [5.41, 5.74) is 1.60. The fourth-order valence-corrected chi connectivity index (χ4v) is 2.22. The first-order chi connectivity index (χ1) is 9.06. The molecule has 0 spiro atoms. The van der Waals surface area contributed by atoms with Gasteiger partial charge in [0.1, 0.15) is 5.75 Å². The van der Waals surface area contributed by atoms with Crippen LogP contribution in [-0.2, 0) is 0 Å². The number of hydrogen-bond donors (Lipinski definition) is 0. The summed E-state index contributed by atoms with van der Waals surface area (Å²) < 4.78 is 29.6. The first-order valence-corrected chi connectivity index (χ1v) is 6.73. The van der Waals surface area contributed by atoms with Crippen LogP contribution in [0.25, 0.3) is 0 Å². The van der Waals surface area contributed by atoms with Crippen molar-refractivity contribution in [3.8, 4) is 5.75 Å². The third kappa shape index (κ3) is 3.91. The molecule has 5 heteroatoms. The predicted molar refractivity (Wildman–Crippen MR) is 74.9 cm³/mol. The normalized spacial score (nSPS) is 12.5. The molecule has 0 aromatic heterocycles. The first kappa shape index (κ1) is 14.3. The second-order valence-electron chi connectivity index (χ2n) is 3.87. The van der Waals surface area contributed by atoms with Crippen LogP contribution in [0.1, 0.15) is 16.5 Å². The van der Waals surface area contributed by atoms with Crippen molar-refractivity contribution in [3.63, 3.8) is 0 Å². The molecule has 0 fully saturated rings. The van der Waals surface area contributed by atoms with E-state index >= 15 is 0 Å². The van der Waals surface area contributed by atoms with Crippen LogP contribution in [0.5, 0.6) is 5.75 Å². The summed E-state index contributed by atoms with van der Waals surface area (Å²) in [6.45, 7) is -2.84. The van der Waals surface area contributed by atoms with E-state index in [1.54, 1.807) is 12.1 Å². The van der Waals surface area contributed by atoms with E-state index in [1.165, 1.54) is 12.1 Å². The van der Waals surface area contributed by atoms with Crippen molar-refractivity contribution in [2.24, 2.45) is 0 Å². The minimum Gasteiger partial charge on any atom is -0.435 e. The van der Waals surface area contributed by atoms with Crippen molar-refractivity contribution < 1.29 is 13.5 Å². The molecule has 0 aliphatic carbocycles. The maximum atomic E-state index is 12.2. The lowest BCUT2D eigenvalue weighted by atomic mass is 10.0. The quantitative estimate of drug-likeness (QED) is 0.675. The molecule has 19 heavy (non-hydrogen) atoms. The van der Waals surface area contributed by atoms with Gasteiger partial charge in [0, 0.05) is 4.47 Å². The summed E-state index contributed by atoms with van der Waals surface area (Å²) in [5.74, 6) is 0.107. The molecule has 0 heterocycles. The molecule has 1 unspecified atom stereocenters. The van der Waals surface area contributed by atoms with Crippen LogP contribution >= 0.6 is 27.5 Å². The van der Waals surface area contributed by atoms with E-state index in [0.29, 0.717) is 5.56 Å². The van der Waals surface area contributed by atoms with E-state index < -0.39 is 12.0 Å². The summed E-state index contributed by atoms with van der Waals surface area (Å²) >= 11 is 9.68. The highest BCUT2D eigenvalue weighted by atomic mass is 79.9. The van der Waals surface area contributed by atoms with E-state index in [0.717, 1.165) is 10.0 Å². The molecule has 0 aliphatic heterocycles. The Morgan fingerprint density at radius 2 is 1.68 bits per heavy atom. The summed E-state index contributed by atoms with van der Waals surface area (Å²) in [6, 6.07) is 13.9. The van der Waals surface area contributed by atoms with Gasteiger partial charge in [0.05, 0.1) is 5.38 Å². The Balaban J connectivity index is 2.23. The first-order valence-electron chi connectivity index (χ1n) is 5.50. The number of ether oxygens (including phenoxy) is 1.